The number of amides is 4. The van der Waals surface area contributed by atoms with E-state index in [4.69, 9.17) is 4.74 Å². The molecule has 0 aromatic rings. The number of carbonyl (C=O) groups excluding carboxylic acids is 5. The Labute approximate surface area is 138 Å². The highest BCUT2D eigenvalue weighted by atomic mass is 16.7. The molecule has 0 bridgehead atoms. The zero-order valence-electron chi connectivity index (χ0n) is 14.0. The molecule has 2 N–H and O–H groups in total. The van der Waals surface area contributed by atoms with Crippen molar-refractivity contribution < 1.29 is 33.5 Å². The van der Waals surface area contributed by atoms with E-state index in [1.54, 1.807) is 20.8 Å². The van der Waals surface area contributed by atoms with Gasteiger partial charge in [-0.05, 0) is 27.7 Å². The molecular weight excluding hydrogens is 322 g/mol. The molecule has 1 rings (SSSR count). The smallest absolute Gasteiger partial charge is 0.408 e. The minimum absolute atomic E-state index is 0.0185. The molecule has 134 valence electrons. The van der Waals surface area contributed by atoms with Gasteiger partial charge in [0.2, 0.25) is 5.91 Å². The molecule has 0 unspecified atom stereocenters. The van der Waals surface area contributed by atoms with Crippen LogP contribution in [0.4, 0.5) is 4.79 Å². The van der Waals surface area contributed by atoms with Crippen LogP contribution in [-0.2, 0) is 28.8 Å². The van der Waals surface area contributed by atoms with Gasteiger partial charge in [0, 0.05) is 12.8 Å². The zero-order valence-corrected chi connectivity index (χ0v) is 14.0. The maximum Gasteiger partial charge on any atom is 0.408 e. The summed E-state index contributed by atoms with van der Waals surface area (Å²) in [4.78, 5) is 62.0. The number of nitrogens with zero attached hydrogens (tertiary/aromatic N) is 1. The Balaban J connectivity index is 2.36. The van der Waals surface area contributed by atoms with E-state index in [0.29, 0.717) is 5.06 Å². The van der Waals surface area contributed by atoms with Crippen LogP contribution in [0.2, 0.25) is 0 Å². The average molecular weight is 343 g/mol. The van der Waals surface area contributed by atoms with Gasteiger partial charge < -0.3 is 20.2 Å². The van der Waals surface area contributed by atoms with Crippen LogP contribution in [0, 0.1) is 0 Å². The number of hydroxylamine groups is 2. The first-order valence-corrected chi connectivity index (χ1v) is 7.33. The van der Waals surface area contributed by atoms with Crippen molar-refractivity contribution in [3.05, 3.63) is 0 Å². The van der Waals surface area contributed by atoms with E-state index < -0.39 is 48.0 Å². The molecule has 0 aromatic heterocycles. The largest absolute Gasteiger partial charge is 0.444 e. The minimum atomic E-state index is -0.976. The third-order valence-corrected chi connectivity index (χ3v) is 2.73. The molecule has 1 heterocycles. The van der Waals surface area contributed by atoms with Crippen LogP contribution < -0.4 is 10.6 Å². The van der Waals surface area contributed by atoms with Crippen molar-refractivity contribution in [2.45, 2.75) is 52.2 Å². The summed E-state index contributed by atoms with van der Waals surface area (Å²) in [5.74, 6) is -2.85. The SMILES string of the molecule is C[C@H](NC(=O)OC(C)(C)C)C(=O)NCC(=O)ON1C(=O)CCC1=O. The summed E-state index contributed by atoms with van der Waals surface area (Å²) in [6, 6.07) is -0.956. The number of hydrogen-bond donors (Lipinski definition) is 2. The number of carbonyl (C=O) groups is 5. The summed E-state index contributed by atoms with van der Waals surface area (Å²) in [5.41, 5.74) is -0.709. The van der Waals surface area contributed by atoms with Gasteiger partial charge in [0.05, 0.1) is 0 Å². The molecular formula is C14H21N3O7. The molecule has 4 amide bonds. The Morgan fingerprint density at radius 1 is 1.17 bits per heavy atom. The van der Waals surface area contributed by atoms with Crippen molar-refractivity contribution in [1.29, 1.82) is 0 Å². The van der Waals surface area contributed by atoms with E-state index in [0.717, 1.165) is 0 Å². The normalized spacial score (nSPS) is 15.8. The number of rotatable bonds is 5. The van der Waals surface area contributed by atoms with Crippen LogP contribution in [0.15, 0.2) is 0 Å². The molecule has 1 saturated heterocycles. The van der Waals surface area contributed by atoms with Crippen molar-refractivity contribution in [1.82, 2.24) is 15.7 Å². The monoisotopic (exact) mass is 343 g/mol. The van der Waals surface area contributed by atoms with Gasteiger partial charge in [0.15, 0.2) is 0 Å². The fourth-order valence-electron chi connectivity index (χ4n) is 1.65. The van der Waals surface area contributed by atoms with Gasteiger partial charge >= 0.3 is 12.1 Å². The van der Waals surface area contributed by atoms with E-state index in [1.165, 1.54) is 6.92 Å². The Morgan fingerprint density at radius 2 is 1.71 bits per heavy atom. The summed E-state index contributed by atoms with van der Waals surface area (Å²) in [5, 5.41) is 4.91. The lowest BCUT2D eigenvalue weighted by Gasteiger charge is -2.21. The summed E-state index contributed by atoms with van der Waals surface area (Å²) in [6.07, 6.45) is -0.814. The van der Waals surface area contributed by atoms with E-state index >= 15 is 0 Å². The summed E-state index contributed by atoms with van der Waals surface area (Å²) < 4.78 is 4.99. The molecule has 1 atom stereocenters. The molecule has 1 aliphatic rings. The molecule has 0 radical (unpaired) electrons. The van der Waals surface area contributed by atoms with E-state index in [2.05, 4.69) is 15.5 Å². The number of alkyl carbamates (subject to hydrolysis) is 1. The lowest BCUT2D eigenvalue weighted by atomic mass is 10.2. The third-order valence-electron chi connectivity index (χ3n) is 2.73. The minimum Gasteiger partial charge on any atom is -0.444 e. The van der Waals surface area contributed by atoms with Gasteiger partial charge in [-0.2, -0.15) is 0 Å². The van der Waals surface area contributed by atoms with Gasteiger partial charge in [0.1, 0.15) is 18.2 Å². The first-order valence-electron chi connectivity index (χ1n) is 7.33. The van der Waals surface area contributed by atoms with Gasteiger partial charge in [-0.25, -0.2) is 9.59 Å². The molecule has 0 aromatic carbocycles. The highest BCUT2D eigenvalue weighted by Crippen LogP contribution is 2.11. The molecule has 10 nitrogen and oxygen atoms in total. The van der Waals surface area contributed by atoms with Gasteiger partial charge in [0.25, 0.3) is 11.8 Å². The number of nitrogens with one attached hydrogen (secondary N) is 2. The Kier molecular flexibility index (Phi) is 6.27. The molecule has 0 saturated carbocycles. The molecule has 24 heavy (non-hydrogen) atoms. The van der Waals surface area contributed by atoms with Crippen molar-refractivity contribution in [3.63, 3.8) is 0 Å². The van der Waals surface area contributed by atoms with Gasteiger partial charge in [-0.15, -0.1) is 5.06 Å². The van der Waals surface area contributed by atoms with E-state index in [9.17, 15) is 24.0 Å². The highest BCUT2D eigenvalue weighted by molar-refractivity contribution is 6.01. The third kappa shape index (κ3) is 6.23. The van der Waals surface area contributed by atoms with E-state index in [-0.39, 0.29) is 12.8 Å². The maximum absolute atomic E-state index is 11.8. The second-order valence-corrected chi connectivity index (χ2v) is 6.13. The summed E-state index contributed by atoms with van der Waals surface area (Å²) in [6.45, 7) is 5.87. The molecule has 1 aliphatic heterocycles. The second kappa shape index (κ2) is 7.75. The Bertz CT molecular complexity index is 537. The predicted octanol–water partition coefficient (Wildman–Crippen LogP) is -0.377. The standard InChI is InChI=1S/C14H21N3O7/c1-8(16-13(22)23-14(2,3)4)12(21)15-7-11(20)24-17-9(18)5-6-10(17)19/h8H,5-7H2,1-4H3,(H,15,21)(H,16,22)/t8-/m0/s1. The molecule has 0 spiro atoms. The van der Waals surface area contributed by atoms with Gasteiger partial charge in [-0.1, -0.05) is 0 Å². The lowest BCUT2D eigenvalue weighted by Crippen LogP contribution is -2.48. The fraction of sp³-hybridized carbons (Fsp3) is 0.643. The Hall–Kier alpha value is -2.65. The molecule has 0 aliphatic carbocycles. The van der Waals surface area contributed by atoms with Crippen molar-refractivity contribution >= 4 is 29.8 Å². The molecule has 1 fully saturated rings. The fourth-order valence-corrected chi connectivity index (χ4v) is 1.65. The number of ether oxygens (including phenoxy) is 1. The second-order valence-electron chi connectivity index (χ2n) is 6.13. The van der Waals surface area contributed by atoms with Crippen LogP contribution in [0.25, 0.3) is 0 Å². The van der Waals surface area contributed by atoms with Crippen LogP contribution in [0.1, 0.15) is 40.5 Å². The molecule has 10 heteroatoms. The van der Waals surface area contributed by atoms with Crippen LogP contribution in [0.5, 0.6) is 0 Å². The predicted molar refractivity (Wildman–Crippen MR) is 79.0 cm³/mol. The van der Waals surface area contributed by atoms with Crippen molar-refractivity contribution in [3.8, 4) is 0 Å². The zero-order chi connectivity index (χ0) is 18.5. The van der Waals surface area contributed by atoms with Crippen LogP contribution >= 0.6 is 0 Å². The number of hydrogen-bond acceptors (Lipinski definition) is 7. The lowest BCUT2D eigenvalue weighted by molar-refractivity contribution is -0.196. The van der Waals surface area contributed by atoms with Crippen LogP contribution in [0.3, 0.4) is 0 Å². The Morgan fingerprint density at radius 3 is 2.21 bits per heavy atom. The van der Waals surface area contributed by atoms with E-state index in [1.807, 2.05) is 0 Å². The first kappa shape index (κ1) is 19.4. The average Bonchev–Trinajstić information content (AvgIpc) is 2.74. The van der Waals surface area contributed by atoms with Crippen molar-refractivity contribution in [2.24, 2.45) is 0 Å². The summed E-state index contributed by atoms with van der Waals surface area (Å²) >= 11 is 0. The first-order chi connectivity index (χ1) is 11.0. The summed E-state index contributed by atoms with van der Waals surface area (Å²) in [7, 11) is 0. The van der Waals surface area contributed by atoms with Crippen molar-refractivity contribution in [2.75, 3.05) is 6.54 Å². The van der Waals surface area contributed by atoms with Crippen LogP contribution in [-0.4, -0.2) is 53.0 Å². The number of imide groups is 1. The quantitative estimate of drug-likeness (QED) is 0.651. The maximum atomic E-state index is 11.8. The van der Waals surface area contributed by atoms with Gasteiger partial charge in [-0.3, -0.25) is 14.4 Å². The topological polar surface area (TPSA) is 131 Å². The highest BCUT2D eigenvalue weighted by Gasteiger charge is 2.33.